The quantitative estimate of drug-likeness (QED) is 0.602. The summed E-state index contributed by atoms with van der Waals surface area (Å²) in [5, 5.41) is 0. The number of methoxy groups -OCH3 is 1. The molecule has 0 saturated heterocycles. The van der Waals surface area contributed by atoms with Crippen LogP contribution in [0.4, 0.5) is 4.39 Å². The zero-order chi connectivity index (χ0) is 16.4. The van der Waals surface area contributed by atoms with Crippen LogP contribution in [0.2, 0.25) is 0 Å². The molecule has 0 fully saturated rings. The van der Waals surface area contributed by atoms with Crippen LogP contribution in [0.5, 0.6) is 5.75 Å². The Balaban J connectivity index is 1.90. The van der Waals surface area contributed by atoms with Crippen molar-refractivity contribution in [2.24, 2.45) is 4.99 Å². The molecule has 0 aliphatic carbocycles. The van der Waals surface area contributed by atoms with Gasteiger partial charge in [-0.05, 0) is 64.0 Å². The number of carbonyl (C=O) groups is 1. The zero-order valence-electron chi connectivity index (χ0n) is 12.0. The van der Waals surface area contributed by atoms with Gasteiger partial charge in [0.05, 0.1) is 11.6 Å². The summed E-state index contributed by atoms with van der Waals surface area (Å²) in [6, 6.07) is 11.4. The van der Waals surface area contributed by atoms with Crippen molar-refractivity contribution < 1.29 is 18.7 Å². The van der Waals surface area contributed by atoms with E-state index in [0.717, 1.165) is 0 Å². The van der Waals surface area contributed by atoms with Gasteiger partial charge in [0.15, 0.2) is 5.70 Å². The molecule has 0 amide bonds. The molecule has 0 radical (unpaired) electrons. The van der Waals surface area contributed by atoms with E-state index in [1.807, 2.05) is 0 Å². The fourth-order valence-corrected chi connectivity index (χ4v) is 2.42. The number of cyclic esters (lactones) is 1. The van der Waals surface area contributed by atoms with E-state index in [0.29, 0.717) is 21.3 Å². The van der Waals surface area contributed by atoms with Crippen molar-refractivity contribution in [2.45, 2.75) is 0 Å². The van der Waals surface area contributed by atoms with Crippen LogP contribution in [0.1, 0.15) is 11.1 Å². The minimum Gasteiger partial charge on any atom is -0.497 e. The summed E-state index contributed by atoms with van der Waals surface area (Å²) in [6.45, 7) is 0. The van der Waals surface area contributed by atoms with E-state index in [9.17, 15) is 9.18 Å². The first-order valence-corrected chi connectivity index (χ1v) is 7.48. The van der Waals surface area contributed by atoms with E-state index >= 15 is 0 Å². The Morgan fingerprint density at radius 3 is 2.61 bits per heavy atom. The molecule has 116 valence electrons. The smallest absolute Gasteiger partial charge is 0.363 e. The molecule has 23 heavy (non-hydrogen) atoms. The van der Waals surface area contributed by atoms with Gasteiger partial charge in [-0.25, -0.2) is 14.2 Å². The first kappa shape index (κ1) is 15.4. The lowest BCUT2D eigenvalue weighted by Crippen LogP contribution is -2.05. The molecule has 0 atom stereocenters. The van der Waals surface area contributed by atoms with E-state index in [1.54, 1.807) is 49.6 Å². The number of rotatable bonds is 3. The topological polar surface area (TPSA) is 47.9 Å². The van der Waals surface area contributed by atoms with Crippen LogP contribution in [0.3, 0.4) is 0 Å². The molecule has 0 saturated carbocycles. The summed E-state index contributed by atoms with van der Waals surface area (Å²) in [6.07, 6.45) is 1.54. The highest BCUT2D eigenvalue weighted by Gasteiger charge is 2.24. The fraction of sp³-hybridized carbons (Fsp3) is 0.0588. The van der Waals surface area contributed by atoms with Gasteiger partial charge in [-0.15, -0.1) is 0 Å². The number of hydrogen-bond acceptors (Lipinski definition) is 4. The van der Waals surface area contributed by atoms with E-state index in [-0.39, 0.29) is 17.4 Å². The van der Waals surface area contributed by atoms with Crippen molar-refractivity contribution in [1.29, 1.82) is 0 Å². The SMILES string of the molecule is COc1ccc(C2=NC(=Cc3ccc(F)c(Br)c3)C(=O)O2)cc1. The lowest BCUT2D eigenvalue weighted by molar-refractivity contribution is -0.129. The molecule has 4 nitrogen and oxygen atoms in total. The monoisotopic (exact) mass is 375 g/mol. The van der Waals surface area contributed by atoms with Gasteiger partial charge < -0.3 is 9.47 Å². The molecule has 1 aliphatic heterocycles. The second kappa shape index (κ2) is 6.34. The van der Waals surface area contributed by atoms with Crippen molar-refractivity contribution in [1.82, 2.24) is 0 Å². The molecule has 1 aliphatic rings. The van der Waals surface area contributed by atoms with Crippen LogP contribution in [-0.2, 0) is 9.53 Å². The van der Waals surface area contributed by atoms with E-state index in [2.05, 4.69) is 20.9 Å². The molecule has 0 N–H and O–H groups in total. The molecular formula is C17H11BrFNO3. The Labute approximate surface area is 140 Å². The van der Waals surface area contributed by atoms with Crippen LogP contribution >= 0.6 is 15.9 Å². The van der Waals surface area contributed by atoms with Gasteiger partial charge in [0.2, 0.25) is 5.90 Å². The minimum atomic E-state index is -0.545. The Kier molecular flexibility index (Phi) is 4.25. The molecule has 0 bridgehead atoms. The molecule has 0 unspecified atom stereocenters. The second-order valence-corrected chi connectivity index (χ2v) is 5.59. The average Bonchev–Trinajstić information content (AvgIpc) is 2.92. The fourth-order valence-electron chi connectivity index (χ4n) is 2.03. The largest absolute Gasteiger partial charge is 0.497 e. The van der Waals surface area contributed by atoms with Gasteiger partial charge in [-0.2, -0.15) is 0 Å². The third-order valence-corrected chi connectivity index (χ3v) is 3.81. The predicted octanol–water partition coefficient (Wildman–Crippen LogP) is 3.94. The molecule has 6 heteroatoms. The van der Waals surface area contributed by atoms with Crippen LogP contribution in [0.15, 0.2) is 57.6 Å². The highest BCUT2D eigenvalue weighted by Crippen LogP contribution is 2.23. The molecule has 0 aromatic heterocycles. The summed E-state index contributed by atoms with van der Waals surface area (Å²) < 4.78 is 23.8. The van der Waals surface area contributed by atoms with Crippen molar-refractivity contribution >= 4 is 33.9 Å². The predicted molar refractivity (Wildman–Crippen MR) is 87.7 cm³/mol. The average molecular weight is 376 g/mol. The van der Waals surface area contributed by atoms with Gasteiger partial charge in [-0.3, -0.25) is 0 Å². The van der Waals surface area contributed by atoms with Crippen molar-refractivity contribution in [3.8, 4) is 5.75 Å². The molecule has 0 spiro atoms. The number of benzene rings is 2. The molecular weight excluding hydrogens is 365 g/mol. The van der Waals surface area contributed by atoms with Crippen LogP contribution in [-0.4, -0.2) is 19.0 Å². The van der Waals surface area contributed by atoms with Gasteiger partial charge in [0.1, 0.15) is 11.6 Å². The van der Waals surface area contributed by atoms with Gasteiger partial charge in [0, 0.05) is 5.56 Å². The van der Waals surface area contributed by atoms with Crippen molar-refractivity contribution in [3.05, 3.63) is 69.6 Å². The Morgan fingerprint density at radius 2 is 1.96 bits per heavy atom. The van der Waals surface area contributed by atoms with Gasteiger partial charge in [0.25, 0.3) is 0 Å². The minimum absolute atomic E-state index is 0.161. The van der Waals surface area contributed by atoms with Gasteiger partial charge >= 0.3 is 5.97 Å². The Bertz CT molecular complexity index is 828. The highest BCUT2D eigenvalue weighted by atomic mass is 79.9. The second-order valence-electron chi connectivity index (χ2n) is 4.74. The Morgan fingerprint density at radius 1 is 1.22 bits per heavy atom. The van der Waals surface area contributed by atoms with Crippen molar-refractivity contribution in [2.75, 3.05) is 7.11 Å². The number of ether oxygens (including phenoxy) is 2. The standard InChI is InChI=1S/C17H11BrFNO3/c1-22-12-5-3-11(4-6-12)16-20-15(17(21)23-16)9-10-2-7-14(19)13(18)8-10/h2-9H,1H3. The summed E-state index contributed by atoms with van der Waals surface area (Å²) >= 11 is 3.10. The summed E-state index contributed by atoms with van der Waals surface area (Å²) in [7, 11) is 1.57. The van der Waals surface area contributed by atoms with E-state index < -0.39 is 5.97 Å². The normalized spacial score (nSPS) is 15.5. The van der Waals surface area contributed by atoms with Crippen LogP contribution < -0.4 is 4.74 Å². The highest BCUT2D eigenvalue weighted by molar-refractivity contribution is 9.10. The summed E-state index contributed by atoms with van der Waals surface area (Å²) in [5.74, 6) is 0.00974. The summed E-state index contributed by atoms with van der Waals surface area (Å²) in [4.78, 5) is 16.1. The number of carbonyl (C=O) groups excluding carboxylic acids is 1. The number of hydrogen-bond donors (Lipinski definition) is 0. The third kappa shape index (κ3) is 3.32. The van der Waals surface area contributed by atoms with Crippen LogP contribution in [0, 0.1) is 5.82 Å². The maximum Gasteiger partial charge on any atom is 0.363 e. The first-order chi connectivity index (χ1) is 11.1. The maximum atomic E-state index is 13.2. The van der Waals surface area contributed by atoms with E-state index in [4.69, 9.17) is 9.47 Å². The van der Waals surface area contributed by atoms with Crippen LogP contribution in [0.25, 0.3) is 6.08 Å². The maximum absolute atomic E-state index is 13.2. The first-order valence-electron chi connectivity index (χ1n) is 6.69. The number of nitrogens with zero attached hydrogens (tertiary/aromatic N) is 1. The molecule has 2 aromatic carbocycles. The number of aliphatic imine (C=N–C) groups is 1. The summed E-state index contributed by atoms with van der Waals surface area (Å²) in [5.41, 5.74) is 1.47. The number of halogens is 2. The third-order valence-electron chi connectivity index (χ3n) is 3.20. The lowest BCUT2D eigenvalue weighted by atomic mass is 10.2. The lowest BCUT2D eigenvalue weighted by Gasteiger charge is -2.01. The van der Waals surface area contributed by atoms with Crippen molar-refractivity contribution in [3.63, 3.8) is 0 Å². The van der Waals surface area contributed by atoms with Gasteiger partial charge in [-0.1, -0.05) is 6.07 Å². The molecule has 1 heterocycles. The molecule has 2 aromatic rings. The number of esters is 1. The molecule has 3 rings (SSSR count). The Hall–Kier alpha value is -2.47. The zero-order valence-corrected chi connectivity index (χ0v) is 13.6. The van der Waals surface area contributed by atoms with E-state index in [1.165, 1.54) is 6.07 Å².